The molecule has 0 aromatic carbocycles. The second kappa shape index (κ2) is 7.67. The lowest BCUT2D eigenvalue weighted by Crippen LogP contribution is -2.29. The first-order valence-electron chi connectivity index (χ1n) is 6.11. The molecule has 0 heterocycles. The quantitative estimate of drug-likeness (QED) is 0.731. The molecule has 0 aromatic heterocycles. The lowest BCUT2D eigenvalue weighted by atomic mass is 9.98. The summed E-state index contributed by atoms with van der Waals surface area (Å²) >= 11 is 0. The molecule has 1 aliphatic carbocycles. The Morgan fingerprint density at radius 3 is 2.73 bits per heavy atom. The molecule has 0 radical (unpaired) electrons. The summed E-state index contributed by atoms with van der Waals surface area (Å²) in [4.78, 5) is 0. The molecule has 3 heteroatoms. The molecular weight excluding hydrogens is 188 g/mol. The summed E-state index contributed by atoms with van der Waals surface area (Å²) in [6.45, 7) is 3.59. The van der Waals surface area contributed by atoms with E-state index in [1.165, 1.54) is 32.1 Å². The van der Waals surface area contributed by atoms with E-state index in [1.807, 2.05) is 6.92 Å². The smallest absolute Gasteiger partial charge is 0.0974 e. The second-order valence-corrected chi connectivity index (χ2v) is 4.16. The number of ether oxygens (including phenoxy) is 1. The summed E-state index contributed by atoms with van der Waals surface area (Å²) in [6.07, 6.45) is 7.65. The van der Waals surface area contributed by atoms with E-state index in [9.17, 15) is 0 Å². The van der Waals surface area contributed by atoms with Crippen LogP contribution in [-0.4, -0.2) is 25.3 Å². The average Bonchev–Trinajstić information content (AvgIpc) is 2.29. The van der Waals surface area contributed by atoms with Gasteiger partial charge in [-0.3, -0.25) is 0 Å². The fraction of sp³-hybridized carbons (Fsp3) is 0.917. The van der Waals surface area contributed by atoms with Gasteiger partial charge in [-0.15, -0.1) is 0 Å². The minimum atomic E-state index is -0.0430. The van der Waals surface area contributed by atoms with Gasteiger partial charge in [0.05, 0.1) is 18.2 Å². The van der Waals surface area contributed by atoms with E-state index in [-0.39, 0.29) is 6.04 Å². The number of hydrogen-bond acceptors (Lipinski definition) is 3. The van der Waals surface area contributed by atoms with Gasteiger partial charge < -0.3 is 10.1 Å². The minimum absolute atomic E-state index is 0.0430. The van der Waals surface area contributed by atoms with Crippen LogP contribution in [0.1, 0.15) is 45.4 Å². The van der Waals surface area contributed by atoms with Crippen LogP contribution < -0.4 is 5.32 Å². The monoisotopic (exact) mass is 210 g/mol. The van der Waals surface area contributed by atoms with Crippen molar-refractivity contribution in [3.8, 4) is 6.07 Å². The molecule has 86 valence electrons. The zero-order valence-corrected chi connectivity index (χ0v) is 9.67. The Balaban J connectivity index is 2.06. The molecule has 1 atom stereocenters. The van der Waals surface area contributed by atoms with Gasteiger partial charge in [-0.05, 0) is 25.8 Å². The molecule has 0 aliphatic heterocycles. The van der Waals surface area contributed by atoms with Crippen LogP contribution in [-0.2, 0) is 4.74 Å². The first-order chi connectivity index (χ1) is 7.36. The Labute approximate surface area is 92.8 Å². The lowest BCUT2D eigenvalue weighted by Gasteiger charge is -2.22. The van der Waals surface area contributed by atoms with E-state index in [1.54, 1.807) is 0 Å². The molecule has 1 fully saturated rings. The van der Waals surface area contributed by atoms with Crippen molar-refractivity contribution < 1.29 is 4.74 Å². The molecular formula is C12H22N2O. The number of rotatable bonds is 6. The number of nitrogens with one attached hydrogen (secondary N) is 1. The highest BCUT2D eigenvalue weighted by Crippen LogP contribution is 2.20. The zero-order valence-electron chi connectivity index (χ0n) is 9.67. The molecule has 0 saturated heterocycles. The highest BCUT2D eigenvalue weighted by Gasteiger charge is 2.14. The van der Waals surface area contributed by atoms with Crippen LogP contribution in [0.5, 0.6) is 0 Å². The van der Waals surface area contributed by atoms with Crippen molar-refractivity contribution in [2.24, 2.45) is 0 Å². The van der Waals surface area contributed by atoms with Gasteiger partial charge in [0, 0.05) is 6.61 Å². The molecule has 1 N–H and O–H groups in total. The van der Waals surface area contributed by atoms with E-state index in [0.717, 1.165) is 19.6 Å². The number of hydrogen-bond donors (Lipinski definition) is 1. The Hall–Kier alpha value is -0.590. The van der Waals surface area contributed by atoms with Crippen LogP contribution in [0.2, 0.25) is 0 Å². The van der Waals surface area contributed by atoms with E-state index in [2.05, 4.69) is 11.4 Å². The maximum Gasteiger partial charge on any atom is 0.0974 e. The van der Waals surface area contributed by atoms with Gasteiger partial charge in [0.15, 0.2) is 0 Å². The van der Waals surface area contributed by atoms with Gasteiger partial charge in [0.25, 0.3) is 0 Å². The minimum Gasteiger partial charge on any atom is -0.378 e. The largest absolute Gasteiger partial charge is 0.378 e. The van der Waals surface area contributed by atoms with E-state index in [0.29, 0.717) is 6.10 Å². The normalized spacial score (nSPS) is 19.7. The first-order valence-corrected chi connectivity index (χ1v) is 6.11. The Kier molecular flexibility index (Phi) is 6.38. The molecule has 15 heavy (non-hydrogen) atoms. The molecule has 0 aromatic rings. The summed E-state index contributed by atoms with van der Waals surface area (Å²) in [5.41, 5.74) is 0. The summed E-state index contributed by atoms with van der Waals surface area (Å²) in [7, 11) is 0. The van der Waals surface area contributed by atoms with Gasteiger partial charge in [-0.2, -0.15) is 5.26 Å². The van der Waals surface area contributed by atoms with Gasteiger partial charge in [-0.1, -0.05) is 26.2 Å². The fourth-order valence-electron chi connectivity index (χ4n) is 2.04. The predicted octanol–water partition coefficient (Wildman–Crippen LogP) is 2.23. The van der Waals surface area contributed by atoms with Crippen molar-refractivity contribution in [1.82, 2.24) is 5.32 Å². The Morgan fingerprint density at radius 2 is 2.13 bits per heavy atom. The summed E-state index contributed by atoms with van der Waals surface area (Å²) in [6, 6.07) is 2.21. The molecule has 1 unspecified atom stereocenters. The lowest BCUT2D eigenvalue weighted by molar-refractivity contribution is 0.0254. The molecule has 0 spiro atoms. The van der Waals surface area contributed by atoms with Crippen molar-refractivity contribution in [3.63, 3.8) is 0 Å². The predicted molar refractivity (Wildman–Crippen MR) is 60.5 cm³/mol. The van der Waals surface area contributed by atoms with E-state index >= 15 is 0 Å². The Bertz CT molecular complexity index is 194. The summed E-state index contributed by atoms with van der Waals surface area (Å²) in [5, 5.41) is 12.0. The topological polar surface area (TPSA) is 45.0 Å². The van der Waals surface area contributed by atoms with Gasteiger partial charge in [0.2, 0.25) is 0 Å². The van der Waals surface area contributed by atoms with Gasteiger partial charge in [0.1, 0.15) is 0 Å². The van der Waals surface area contributed by atoms with Crippen molar-refractivity contribution in [1.29, 1.82) is 5.26 Å². The van der Waals surface area contributed by atoms with Crippen molar-refractivity contribution in [2.75, 3.05) is 13.2 Å². The van der Waals surface area contributed by atoms with Gasteiger partial charge >= 0.3 is 0 Å². The van der Waals surface area contributed by atoms with Crippen LogP contribution in [0.4, 0.5) is 0 Å². The molecule has 0 bridgehead atoms. The first kappa shape index (κ1) is 12.5. The standard InChI is InChI=1S/C12H22N2O/c1-2-14-11(10-13)8-9-15-12-6-4-3-5-7-12/h11-12,14H,2-9H2,1H3. The van der Waals surface area contributed by atoms with Crippen molar-refractivity contribution in [2.45, 2.75) is 57.6 Å². The average molecular weight is 210 g/mol. The summed E-state index contributed by atoms with van der Waals surface area (Å²) in [5.74, 6) is 0. The molecule has 1 rings (SSSR count). The maximum absolute atomic E-state index is 8.83. The molecule has 3 nitrogen and oxygen atoms in total. The fourth-order valence-corrected chi connectivity index (χ4v) is 2.04. The third kappa shape index (κ3) is 5.15. The second-order valence-electron chi connectivity index (χ2n) is 4.16. The number of nitrogens with zero attached hydrogens (tertiary/aromatic N) is 1. The van der Waals surface area contributed by atoms with E-state index in [4.69, 9.17) is 10.00 Å². The highest BCUT2D eigenvalue weighted by atomic mass is 16.5. The van der Waals surface area contributed by atoms with Crippen molar-refractivity contribution >= 4 is 0 Å². The molecule has 1 saturated carbocycles. The third-order valence-electron chi connectivity index (χ3n) is 2.92. The number of nitriles is 1. The van der Waals surface area contributed by atoms with Crippen LogP contribution >= 0.6 is 0 Å². The van der Waals surface area contributed by atoms with Crippen molar-refractivity contribution in [3.05, 3.63) is 0 Å². The van der Waals surface area contributed by atoms with Crippen LogP contribution in [0.3, 0.4) is 0 Å². The summed E-state index contributed by atoms with van der Waals surface area (Å²) < 4.78 is 5.77. The highest BCUT2D eigenvalue weighted by molar-refractivity contribution is 4.88. The SMILES string of the molecule is CCNC(C#N)CCOC1CCCCC1. The molecule has 1 aliphatic rings. The van der Waals surface area contributed by atoms with E-state index < -0.39 is 0 Å². The zero-order chi connectivity index (χ0) is 10.9. The third-order valence-corrected chi connectivity index (χ3v) is 2.92. The van der Waals surface area contributed by atoms with Crippen LogP contribution in [0.15, 0.2) is 0 Å². The molecule has 0 amide bonds. The van der Waals surface area contributed by atoms with Crippen LogP contribution in [0, 0.1) is 11.3 Å². The Morgan fingerprint density at radius 1 is 1.40 bits per heavy atom. The van der Waals surface area contributed by atoms with Crippen LogP contribution in [0.25, 0.3) is 0 Å². The van der Waals surface area contributed by atoms with Gasteiger partial charge in [-0.25, -0.2) is 0 Å². The maximum atomic E-state index is 8.83.